The summed E-state index contributed by atoms with van der Waals surface area (Å²) in [6.45, 7) is 4.20. The van der Waals surface area contributed by atoms with Crippen molar-refractivity contribution in [2.45, 2.75) is 33.0 Å². The van der Waals surface area contributed by atoms with Gasteiger partial charge < -0.3 is 10.4 Å². The summed E-state index contributed by atoms with van der Waals surface area (Å²) in [6, 6.07) is 3.67. The first-order valence-electron chi connectivity index (χ1n) is 6.90. The summed E-state index contributed by atoms with van der Waals surface area (Å²) in [7, 11) is 0. The van der Waals surface area contributed by atoms with Crippen LogP contribution in [-0.2, 0) is 17.5 Å². The van der Waals surface area contributed by atoms with Crippen LogP contribution < -0.4 is 5.32 Å². The van der Waals surface area contributed by atoms with Crippen molar-refractivity contribution in [3.05, 3.63) is 34.3 Å². The monoisotopic (exact) mass is 337 g/mol. The van der Waals surface area contributed by atoms with Crippen LogP contribution in [0.4, 0.5) is 13.2 Å². The molecule has 0 fully saturated rings. The van der Waals surface area contributed by atoms with Gasteiger partial charge in [0.05, 0.1) is 16.5 Å². The normalized spacial score (nSPS) is 13.4. The number of benzene rings is 1. The molecule has 22 heavy (non-hydrogen) atoms. The fourth-order valence-corrected chi connectivity index (χ4v) is 2.36. The Labute approximate surface area is 132 Å². The average Bonchev–Trinajstić information content (AvgIpc) is 2.37. The van der Waals surface area contributed by atoms with Crippen molar-refractivity contribution in [2.24, 2.45) is 11.8 Å². The minimum Gasteiger partial charge on any atom is -0.481 e. The van der Waals surface area contributed by atoms with Crippen molar-refractivity contribution >= 4 is 17.6 Å². The minimum atomic E-state index is -4.51. The first-order valence-corrected chi connectivity index (χ1v) is 7.28. The minimum absolute atomic E-state index is 0.155. The van der Waals surface area contributed by atoms with Crippen molar-refractivity contribution in [1.29, 1.82) is 0 Å². The smallest absolute Gasteiger partial charge is 0.417 e. The number of hydrogen-bond acceptors (Lipinski definition) is 2. The van der Waals surface area contributed by atoms with Gasteiger partial charge in [-0.15, -0.1) is 0 Å². The Morgan fingerprint density at radius 2 is 2.00 bits per heavy atom. The Kier molecular flexibility index (Phi) is 6.68. The summed E-state index contributed by atoms with van der Waals surface area (Å²) in [5.74, 6) is -1.24. The van der Waals surface area contributed by atoms with E-state index in [1.165, 1.54) is 12.1 Å². The molecular weight excluding hydrogens is 319 g/mol. The Morgan fingerprint density at radius 3 is 2.50 bits per heavy atom. The molecule has 7 heteroatoms. The van der Waals surface area contributed by atoms with E-state index in [1.54, 1.807) is 0 Å². The molecule has 0 saturated carbocycles. The molecule has 0 radical (unpaired) electrons. The maximum Gasteiger partial charge on any atom is 0.417 e. The highest BCUT2D eigenvalue weighted by atomic mass is 35.5. The number of hydrogen-bond donors (Lipinski definition) is 2. The molecule has 3 nitrogen and oxygen atoms in total. The summed E-state index contributed by atoms with van der Waals surface area (Å²) in [6.07, 6.45) is -3.99. The SMILES string of the molecule is CC(C)CC(CNCc1ccc(Cl)c(C(F)(F)F)c1)C(=O)O. The van der Waals surface area contributed by atoms with Gasteiger partial charge in [-0.2, -0.15) is 13.2 Å². The highest BCUT2D eigenvalue weighted by Crippen LogP contribution is 2.35. The van der Waals surface area contributed by atoms with Crippen LogP contribution in [0.3, 0.4) is 0 Å². The highest BCUT2D eigenvalue weighted by molar-refractivity contribution is 6.31. The van der Waals surface area contributed by atoms with Crippen LogP contribution in [0, 0.1) is 11.8 Å². The third kappa shape index (κ3) is 5.85. The van der Waals surface area contributed by atoms with E-state index in [0.29, 0.717) is 12.0 Å². The van der Waals surface area contributed by atoms with E-state index in [4.69, 9.17) is 16.7 Å². The Hall–Kier alpha value is -1.27. The van der Waals surface area contributed by atoms with E-state index in [9.17, 15) is 18.0 Å². The van der Waals surface area contributed by atoms with E-state index in [0.717, 1.165) is 6.07 Å². The van der Waals surface area contributed by atoms with Gasteiger partial charge in [0.25, 0.3) is 0 Å². The summed E-state index contributed by atoms with van der Waals surface area (Å²) in [4.78, 5) is 11.1. The molecule has 1 atom stereocenters. The number of halogens is 4. The number of carboxylic acids is 1. The third-order valence-corrected chi connectivity index (χ3v) is 3.49. The first kappa shape index (κ1) is 18.8. The van der Waals surface area contributed by atoms with Crippen molar-refractivity contribution in [3.63, 3.8) is 0 Å². The molecule has 0 heterocycles. The van der Waals surface area contributed by atoms with Gasteiger partial charge >= 0.3 is 12.1 Å². The summed E-state index contributed by atoms with van der Waals surface area (Å²) >= 11 is 5.55. The molecule has 124 valence electrons. The van der Waals surface area contributed by atoms with E-state index >= 15 is 0 Å². The van der Waals surface area contributed by atoms with Gasteiger partial charge in [0.1, 0.15) is 0 Å². The molecule has 2 N–H and O–H groups in total. The molecule has 0 aromatic heterocycles. The lowest BCUT2D eigenvalue weighted by Crippen LogP contribution is -2.29. The van der Waals surface area contributed by atoms with Crippen LogP contribution in [0.5, 0.6) is 0 Å². The van der Waals surface area contributed by atoms with Gasteiger partial charge in [-0.1, -0.05) is 31.5 Å². The van der Waals surface area contributed by atoms with Crippen LogP contribution in [-0.4, -0.2) is 17.6 Å². The maximum atomic E-state index is 12.7. The average molecular weight is 338 g/mol. The van der Waals surface area contributed by atoms with Crippen molar-refractivity contribution < 1.29 is 23.1 Å². The maximum absolute atomic E-state index is 12.7. The highest BCUT2D eigenvalue weighted by Gasteiger charge is 2.33. The topological polar surface area (TPSA) is 49.3 Å². The number of alkyl halides is 3. The number of rotatable bonds is 7. The lowest BCUT2D eigenvalue weighted by molar-refractivity contribution is -0.142. The molecule has 0 aliphatic rings. The molecule has 1 rings (SSSR count). The Bertz CT molecular complexity index is 518. The quantitative estimate of drug-likeness (QED) is 0.784. The molecule has 0 bridgehead atoms. The largest absolute Gasteiger partial charge is 0.481 e. The molecule has 1 unspecified atom stereocenters. The summed E-state index contributed by atoms with van der Waals surface area (Å²) in [5, 5.41) is 11.6. The molecule has 0 aliphatic heterocycles. The zero-order valence-corrected chi connectivity index (χ0v) is 13.1. The number of aliphatic carboxylic acids is 1. The second-order valence-electron chi connectivity index (χ2n) is 5.61. The fraction of sp³-hybridized carbons (Fsp3) is 0.533. The second-order valence-corrected chi connectivity index (χ2v) is 6.01. The second kappa shape index (κ2) is 7.83. The Balaban J connectivity index is 2.67. The van der Waals surface area contributed by atoms with Gasteiger partial charge in [-0.05, 0) is 30.0 Å². The molecule has 0 aliphatic carbocycles. The van der Waals surface area contributed by atoms with Gasteiger partial charge in [-0.25, -0.2) is 0 Å². The zero-order chi connectivity index (χ0) is 16.9. The van der Waals surface area contributed by atoms with Crippen molar-refractivity contribution in [3.8, 4) is 0 Å². The van der Waals surface area contributed by atoms with E-state index in [1.807, 2.05) is 13.8 Å². The van der Waals surface area contributed by atoms with Crippen LogP contribution in [0.25, 0.3) is 0 Å². The van der Waals surface area contributed by atoms with Gasteiger partial charge in [-0.3, -0.25) is 4.79 Å². The van der Waals surface area contributed by atoms with Gasteiger partial charge in [0, 0.05) is 13.1 Å². The van der Waals surface area contributed by atoms with E-state index in [2.05, 4.69) is 5.32 Å². The van der Waals surface area contributed by atoms with Crippen molar-refractivity contribution in [1.82, 2.24) is 5.32 Å². The molecule has 1 aromatic carbocycles. The molecule has 0 spiro atoms. The van der Waals surface area contributed by atoms with E-state index < -0.39 is 23.6 Å². The molecular formula is C15H19ClF3NO2. The number of nitrogens with one attached hydrogen (secondary N) is 1. The molecule has 0 saturated heterocycles. The zero-order valence-electron chi connectivity index (χ0n) is 12.4. The lowest BCUT2D eigenvalue weighted by Gasteiger charge is -2.16. The molecule has 0 amide bonds. The Morgan fingerprint density at radius 1 is 1.36 bits per heavy atom. The summed E-state index contributed by atoms with van der Waals surface area (Å²) in [5.41, 5.74) is -0.476. The van der Waals surface area contributed by atoms with E-state index in [-0.39, 0.29) is 24.0 Å². The first-order chi connectivity index (χ1) is 10.1. The number of carboxylic acid groups (broad SMARTS) is 1. The number of carbonyl (C=O) groups is 1. The fourth-order valence-electron chi connectivity index (χ4n) is 2.13. The van der Waals surface area contributed by atoms with Crippen molar-refractivity contribution in [2.75, 3.05) is 6.54 Å². The molecule has 1 aromatic rings. The third-order valence-electron chi connectivity index (χ3n) is 3.16. The van der Waals surface area contributed by atoms with Crippen LogP contribution in [0.1, 0.15) is 31.4 Å². The predicted octanol–water partition coefficient (Wildman–Crippen LogP) is 4.20. The van der Waals surface area contributed by atoms with Gasteiger partial charge in [0.15, 0.2) is 0 Å². The van der Waals surface area contributed by atoms with Gasteiger partial charge in [0.2, 0.25) is 0 Å². The lowest BCUT2D eigenvalue weighted by atomic mass is 9.97. The van der Waals surface area contributed by atoms with Crippen LogP contribution in [0.15, 0.2) is 18.2 Å². The summed E-state index contributed by atoms with van der Waals surface area (Å²) < 4.78 is 38.2. The van der Waals surface area contributed by atoms with Crippen LogP contribution >= 0.6 is 11.6 Å². The predicted molar refractivity (Wildman–Crippen MR) is 78.7 cm³/mol. The van der Waals surface area contributed by atoms with Crippen LogP contribution in [0.2, 0.25) is 5.02 Å². The standard InChI is InChI=1S/C15H19ClF3NO2/c1-9(2)5-11(14(21)22)8-20-7-10-3-4-13(16)12(6-10)15(17,18)19/h3-4,6,9,11,20H,5,7-8H2,1-2H3,(H,21,22).